The Morgan fingerprint density at radius 3 is 2.44 bits per heavy atom. The summed E-state index contributed by atoms with van der Waals surface area (Å²) < 4.78 is 44.1. The summed E-state index contributed by atoms with van der Waals surface area (Å²) in [5.41, 5.74) is 0.961. The number of hydrogen-bond acceptors (Lipinski definition) is 7. The van der Waals surface area contributed by atoms with Crippen molar-refractivity contribution in [2.24, 2.45) is 0 Å². The van der Waals surface area contributed by atoms with E-state index in [0.717, 1.165) is 42.1 Å². The molecule has 0 radical (unpaired) electrons. The molecule has 0 unspecified atom stereocenters. The van der Waals surface area contributed by atoms with Crippen LogP contribution in [0.4, 0.5) is 24.8 Å². The minimum absolute atomic E-state index is 0.0321. The predicted octanol–water partition coefficient (Wildman–Crippen LogP) is 3.61. The van der Waals surface area contributed by atoms with Crippen LogP contribution in [0.1, 0.15) is 21.8 Å². The zero-order valence-electron chi connectivity index (χ0n) is 19.0. The average molecular weight is 514 g/mol. The second-order valence-electron chi connectivity index (χ2n) is 8.12. The first-order chi connectivity index (χ1) is 17.2. The molecule has 2 aromatic carbocycles. The van der Waals surface area contributed by atoms with Gasteiger partial charge in [-0.1, -0.05) is 0 Å². The number of benzene rings is 2. The van der Waals surface area contributed by atoms with Gasteiger partial charge in [-0.05, 0) is 49.2 Å². The van der Waals surface area contributed by atoms with Gasteiger partial charge in [-0.25, -0.2) is 37.3 Å². The molecular weight excluding hydrogens is 495 g/mol. The van der Waals surface area contributed by atoms with Crippen molar-refractivity contribution < 1.29 is 13.2 Å². The number of halogens is 3. The van der Waals surface area contributed by atoms with E-state index < -0.39 is 28.8 Å². The maximum atomic E-state index is 13.9. The molecule has 0 bridgehead atoms. The maximum Gasteiger partial charge on any atom is 0.355 e. The van der Waals surface area contributed by atoms with Gasteiger partial charge in [-0.15, -0.1) is 11.3 Å². The summed E-state index contributed by atoms with van der Waals surface area (Å²) in [4.78, 5) is 41.4. The largest absolute Gasteiger partial charge is 0.355 e. The summed E-state index contributed by atoms with van der Waals surface area (Å²) in [6.07, 6.45) is 2.84. The summed E-state index contributed by atoms with van der Waals surface area (Å²) in [5, 5.41) is 3.88. The van der Waals surface area contributed by atoms with Gasteiger partial charge in [-0.3, -0.25) is 4.57 Å². The molecule has 9 nitrogen and oxygen atoms in total. The van der Waals surface area contributed by atoms with E-state index in [1.165, 1.54) is 23.9 Å². The zero-order chi connectivity index (χ0) is 25.6. The molecule has 0 atom stereocenters. The van der Waals surface area contributed by atoms with Crippen LogP contribution >= 0.6 is 11.3 Å². The van der Waals surface area contributed by atoms with Crippen LogP contribution in [0.15, 0.2) is 46.4 Å². The van der Waals surface area contributed by atoms with Crippen LogP contribution in [0.2, 0.25) is 0 Å². The summed E-state index contributed by atoms with van der Waals surface area (Å²) in [6.45, 7) is 3.17. The second kappa shape index (κ2) is 9.07. The smallest absolute Gasteiger partial charge is 0.347 e. The van der Waals surface area contributed by atoms with Gasteiger partial charge >= 0.3 is 11.4 Å². The Kier molecular flexibility index (Phi) is 5.92. The minimum atomic E-state index is -1.62. The first kappa shape index (κ1) is 23.5. The third-order valence-electron chi connectivity index (χ3n) is 5.51. The van der Waals surface area contributed by atoms with Crippen molar-refractivity contribution in [1.82, 2.24) is 29.1 Å². The first-order valence-corrected chi connectivity index (χ1v) is 11.5. The molecule has 3 aromatic heterocycles. The van der Waals surface area contributed by atoms with Gasteiger partial charge < -0.3 is 10.3 Å². The van der Waals surface area contributed by atoms with E-state index in [1.54, 1.807) is 0 Å². The number of rotatable bonds is 6. The number of hydrogen-bond donors (Lipinski definition) is 2. The van der Waals surface area contributed by atoms with Crippen molar-refractivity contribution in [1.29, 1.82) is 0 Å². The van der Waals surface area contributed by atoms with E-state index in [9.17, 15) is 22.8 Å². The van der Waals surface area contributed by atoms with Crippen LogP contribution in [-0.4, -0.2) is 29.1 Å². The Morgan fingerprint density at radius 2 is 1.75 bits per heavy atom. The lowest BCUT2D eigenvalue weighted by molar-refractivity contribution is 0.444. The van der Waals surface area contributed by atoms with Gasteiger partial charge in [0, 0.05) is 11.9 Å². The highest BCUT2D eigenvalue weighted by molar-refractivity contribution is 7.18. The van der Waals surface area contributed by atoms with Crippen molar-refractivity contribution in [3.05, 3.63) is 97.0 Å². The van der Waals surface area contributed by atoms with Gasteiger partial charge in [0.25, 0.3) is 0 Å². The quantitative estimate of drug-likeness (QED) is 0.336. The van der Waals surface area contributed by atoms with Crippen molar-refractivity contribution >= 4 is 33.2 Å². The van der Waals surface area contributed by atoms with Crippen molar-refractivity contribution in [3.63, 3.8) is 0 Å². The number of fused-ring (bicyclic) bond motifs is 1. The van der Waals surface area contributed by atoms with Gasteiger partial charge in [0.2, 0.25) is 5.95 Å². The van der Waals surface area contributed by atoms with E-state index in [1.807, 2.05) is 26.0 Å². The number of aromatic amines is 1. The molecule has 184 valence electrons. The molecule has 13 heteroatoms. The minimum Gasteiger partial charge on any atom is -0.347 e. The van der Waals surface area contributed by atoms with Crippen molar-refractivity contribution in [3.8, 4) is 0 Å². The fourth-order valence-corrected chi connectivity index (χ4v) is 4.62. The number of H-pyrrole nitrogens is 1. The molecule has 3 heterocycles. The molecule has 0 fully saturated rings. The summed E-state index contributed by atoms with van der Waals surface area (Å²) >= 11 is 1.47. The number of imidazole rings is 1. The van der Waals surface area contributed by atoms with Gasteiger partial charge in [-0.2, -0.15) is 4.98 Å². The summed E-state index contributed by atoms with van der Waals surface area (Å²) in [5.74, 6) is -4.54. The third-order valence-corrected chi connectivity index (χ3v) is 6.44. The van der Waals surface area contributed by atoms with E-state index in [2.05, 4.69) is 25.3 Å². The lowest BCUT2D eigenvalue weighted by Crippen LogP contribution is -2.43. The lowest BCUT2D eigenvalue weighted by Gasteiger charge is -2.17. The van der Waals surface area contributed by atoms with Crippen molar-refractivity contribution in [2.45, 2.75) is 26.9 Å². The molecule has 0 saturated heterocycles. The summed E-state index contributed by atoms with van der Waals surface area (Å²) in [6, 6.07) is 5.25. The molecule has 5 rings (SSSR count). The van der Waals surface area contributed by atoms with Crippen LogP contribution in [0, 0.1) is 31.3 Å². The fourth-order valence-electron chi connectivity index (χ4n) is 3.77. The zero-order valence-corrected chi connectivity index (χ0v) is 19.8. The number of aryl methyl sites for hydroxylation is 2. The molecule has 0 aliphatic heterocycles. The highest BCUT2D eigenvalue weighted by Crippen LogP contribution is 2.29. The van der Waals surface area contributed by atoms with Gasteiger partial charge in [0.05, 0.1) is 40.3 Å². The normalized spacial score (nSPS) is 11.4. The lowest BCUT2D eigenvalue weighted by atomic mass is 10.2. The van der Waals surface area contributed by atoms with Crippen LogP contribution < -0.4 is 16.7 Å². The van der Waals surface area contributed by atoms with Crippen LogP contribution in [0.5, 0.6) is 0 Å². The van der Waals surface area contributed by atoms with Crippen molar-refractivity contribution in [2.75, 3.05) is 5.32 Å². The van der Waals surface area contributed by atoms with Crippen LogP contribution in [-0.2, 0) is 13.1 Å². The molecule has 5 aromatic rings. The number of thiazole rings is 1. The molecule has 0 amide bonds. The predicted molar refractivity (Wildman–Crippen MR) is 128 cm³/mol. The molecule has 0 saturated carbocycles. The second-order valence-corrected chi connectivity index (χ2v) is 9.35. The Bertz CT molecular complexity index is 1700. The third kappa shape index (κ3) is 4.40. The maximum absolute atomic E-state index is 13.9. The Morgan fingerprint density at radius 1 is 1.00 bits per heavy atom. The van der Waals surface area contributed by atoms with Crippen LogP contribution in [0.25, 0.3) is 10.2 Å². The number of nitrogens with zero attached hydrogens (tertiary/aromatic N) is 5. The van der Waals surface area contributed by atoms with E-state index in [4.69, 9.17) is 0 Å². The molecule has 0 aliphatic rings. The Hall–Kier alpha value is -4.26. The highest BCUT2D eigenvalue weighted by Gasteiger charge is 2.18. The van der Waals surface area contributed by atoms with Gasteiger partial charge in [0.1, 0.15) is 0 Å². The molecule has 2 N–H and O–H groups in total. The fraction of sp³-hybridized carbons (Fsp3) is 0.174. The SMILES string of the molecule is Cc1nc2cc(C)c(Nc3nc(=O)n(Cc4cnc[nH]4)c(=O)n3Cc3cc(F)c(F)c(F)c3)cc2s1. The van der Waals surface area contributed by atoms with Crippen LogP contribution in [0.3, 0.4) is 0 Å². The molecule has 0 spiro atoms. The Labute approximate surface area is 204 Å². The standard InChI is InChI=1S/C23H18F3N7O2S/c1-11-3-18-19(36-12(2)29-18)6-17(11)30-21-31-22(34)33(9-14-7-27-10-28-14)23(35)32(21)8-13-4-15(24)20(26)16(25)5-13/h3-7,10H,8-9H2,1-2H3,(H,27,28)(H,30,31,34). The summed E-state index contributed by atoms with van der Waals surface area (Å²) in [7, 11) is 0. The molecule has 36 heavy (non-hydrogen) atoms. The highest BCUT2D eigenvalue weighted by atomic mass is 32.1. The first-order valence-electron chi connectivity index (χ1n) is 10.7. The molecule has 0 aliphatic carbocycles. The van der Waals surface area contributed by atoms with E-state index >= 15 is 0 Å². The number of aromatic nitrogens is 6. The number of anilines is 2. The van der Waals surface area contributed by atoms with E-state index in [-0.39, 0.29) is 24.6 Å². The topological polar surface area (TPSA) is 110 Å². The average Bonchev–Trinajstić information content (AvgIpc) is 3.46. The van der Waals surface area contributed by atoms with E-state index in [0.29, 0.717) is 11.4 Å². The Balaban J connectivity index is 1.64. The molecular formula is C23H18F3N7O2S. The number of nitrogens with one attached hydrogen (secondary N) is 2. The monoisotopic (exact) mass is 513 g/mol. The van der Waals surface area contributed by atoms with Gasteiger partial charge in [0.15, 0.2) is 17.5 Å².